The molecule has 0 aliphatic carbocycles. The van der Waals surface area contributed by atoms with Gasteiger partial charge < -0.3 is 15.8 Å². The summed E-state index contributed by atoms with van der Waals surface area (Å²) in [5.74, 6) is -0.0866. The van der Waals surface area contributed by atoms with Gasteiger partial charge >= 0.3 is 0 Å². The molecule has 35 heavy (non-hydrogen) atoms. The average molecular weight is 526 g/mol. The molecule has 0 heterocycles. The minimum absolute atomic E-state index is 0.0855. The van der Waals surface area contributed by atoms with Gasteiger partial charge in [-0.3, -0.25) is 9.10 Å². The molecule has 0 radical (unpaired) electrons. The molecule has 2 aromatic carbocycles. The Labute approximate surface area is 208 Å². The van der Waals surface area contributed by atoms with Gasteiger partial charge in [0.05, 0.1) is 28.2 Å². The fourth-order valence-electron chi connectivity index (χ4n) is 3.37. The number of rotatable bonds is 14. The number of carbonyl (C=O) groups is 1. The Balaban J connectivity index is 2.18. The number of hydrogen-bond donors (Lipinski definition) is 2. The Morgan fingerprint density at radius 2 is 1.66 bits per heavy atom. The highest BCUT2D eigenvalue weighted by Crippen LogP contribution is 2.28. The third-order valence-corrected chi connectivity index (χ3v) is 8.43. The number of ether oxygens (including phenoxy) is 1. The molecule has 0 saturated heterocycles. The third kappa shape index (κ3) is 8.52. The Bertz CT molecular complexity index is 1200. The maximum absolute atomic E-state index is 13.0. The molecule has 11 heteroatoms. The number of benzene rings is 2. The molecule has 0 atom stereocenters. The number of carbonyl (C=O) groups excluding carboxylic acids is 1. The number of anilines is 2. The van der Waals surface area contributed by atoms with Gasteiger partial charge in [0.2, 0.25) is 10.0 Å². The van der Waals surface area contributed by atoms with Crippen molar-refractivity contribution in [3.05, 3.63) is 48.0 Å². The van der Waals surface area contributed by atoms with Crippen LogP contribution in [0.15, 0.2) is 47.4 Å². The Morgan fingerprint density at radius 1 is 1.00 bits per heavy atom. The van der Waals surface area contributed by atoms with Crippen LogP contribution in [0.25, 0.3) is 0 Å². The highest BCUT2D eigenvalue weighted by Gasteiger charge is 2.21. The lowest BCUT2D eigenvalue weighted by Gasteiger charge is -2.21. The molecule has 0 unspecified atom stereocenters. The number of nitrogens with two attached hydrogens (primary N) is 1. The first-order chi connectivity index (χ1) is 16.5. The molecule has 0 bridgehead atoms. The van der Waals surface area contributed by atoms with E-state index in [-0.39, 0.29) is 35.1 Å². The first-order valence-electron chi connectivity index (χ1n) is 11.5. The third-order valence-electron chi connectivity index (χ3n) is 5.43. The summed E-state index contributed by atoms with van der Waals surface area (Å²) < 4.78 is 55.9. The van der Waals surface area contributed by atoms with E-state index in [1.807, 2.05) is 0 Å². The second kappa shape index (κ2) is 12.9. The fraction of sp³-hybridized carbons (Fsp3) is 0.458. The van der Waals surface area contributed by atoms with Crippen molar-refractivity contribution in [1.82, 2.24) is 0 Å². The van der Waals surface area contributed by atoms with Gasteiger partial charge in [0.25, 0.3) is 5.91 Å². The summed E-state index contributed by atoms with van der Waals surface area (Å²) in [4.78, 5) is 13.2. The molecule has 0 fully saturated rings. The van der Waals surface area contributed by atoms with Crippen LogP contribution in [0.4, 0.5) is 11.4 Å². The molecule has 3 N–H and O–H groups in total. The fourth-order valence-corrected chi connectivity index (χ4v) is 5.25. The molecule has 9 nitrogen and oxygen atoms in total. The maximum Gasteiger partial charge on any atom is 0.257 e. The van der Waals surface area contributed by atoms with Crippen LogP contribution in [0.1, 0.15) is 49.4 Å². The molecule has 0 spiro atoms. The van der Waals surface area contributed by atoms with Crippen LogP contribution in [-0.2, 0) is 19.9 Å². The van der Waals surface area contributed by atoms with Crippen molar-refractivity contribution in [3.8, 4) is 5.75 Å². The van der Waals surface area contributed by atoms with Gasteiger partial charge in [0.15, 0.2) is 9.84 Å². The standard InChI is InChI=1S/C24H35N3O6S2/c1-4-5-6-7-8-17-35(31,32)21-12-9-19(10-13-21)26-24(28)22-14-11-20(33-16-15-25)18-23(22)27(2)34(3,29)30/h9-14,18H,4-8,15-17,25H2,1-3H3,(H,26,28). The second-order valence-electron chi connectivity index (χ2n) is 8.26. The van der Waals surface area contributed by atoms with Crippen LogP contribution in [-0.4, -0.2) is 55.0 Å². The molecular weight excluding hydrogens is 490 g/mol. The largest absolute Gasteiger partial charge is 0.492 e. The highest BCUT2D eigenvalue weighted by atomic mass is 32.2. The molecule has 0 aliphatic heterocycles. The monoisotopic (exact) mass is 525 g/mol. The van der Waals surface area contributed by atoms with E-state index in [2.05, 4.69) is 12.2 Å². The predicted molar refractivity (Wildman–Crippen MR) is 139 cm³/mol. The van der Waals surface area contributed by atoms with E-state index in [4.69, 9.17) is 10.5 Å². The maximum atomic E-state index is 13.0. The highest BCUT2D eigenvalue weighted by molar-refractivity contribution is 7.92. The first kappa shape index (κ1) is 28.6. The number of nitrogens with one attached hydrogen (secondary N) is 1. The van der Waals surface area contributed by atoms with Crippen LogP contribution < -0.4 is 20.1 Å². The van der Waals surface area contributed by atoms with Crippen molar-refractivity contribution in [2.75, 3.05) is 41.8 Å². The van der Waals surface area contributed by atoms with Crippen molar-refractivity contribution < 1.29 is 26.4 Å². The van der Waals surface area contributed by atoms with Crippen molar-refractivity contribution in [1.29, 1.82) is 0 Å². The smallest absolute Gasteiger partial charge is 0.257 e. The molecule has 0 aromatic heterocycles. The van der Waals surface area contributed by atoms with Gasteiger partial charge in [-0.25, -0.2) is 16.8 Å². The van der Waals surface area contributed by atoms with Crippen molar-refractivity contribution in [2.45, 2.75) is 43.9 Å². The lowest BCUT2D eigenvalue weighted by Crippen LogP contribution is -2.28. The minimum Gasteiger partial charge on any atom is -0.492 e. The van der Waals surface area contributed by atoms with Gasteiger partial charge in [0.1, 0.15) is 12.4 Å². The van der Waals surface area contributed by atoms with Crippen LogP contribution >= 0.6 is 0 Å². The molecule has 2 rings (SSSR count). The van der Waals surface area contributed by atoms with Crippen LogP contribution in [0, 0.1) is 0 Å². The summed E-state index contributed by atoms with van der Waals surface area (Å²) in [5.41, 5.74) is 6.09. The SMILES string of the molecule is CCCCCCCS(=O)(=O)c1ccc(NC(=O)c2ccc(OCCN)cc2N(C)S(C)(=O)=O)cc1. The normalized spacial score (nSPS) is 11.8. The number of unbranched alkanes of at least 4 members (excludes halogenated alkanes) is 4. The van der Waals surface area contributed by atoms with Crippen molar-refractivity contribution in [3.63, 3.8) is 0 Å². The molecule has 194 valence electrons. The Morgan fingerprint density at radius 3 is 2.26 bits per heavy atom. The second-order valence-corrected chi connectivity index (χ2v) is 12.4. The summed E-state index contributed by atoms with van der Waals surface area (Å²) in [6, 6.07) is 10.4. The topological polar surface area (TPSA) is 136 Å². The molecular formula is C24H35N3O6S2. The summed E-state index contributed by atoms with van der Waals surface area (Å²) in [6.45, 7) is 2.63. The predicted octanol–water partition coefficient (Wildman–Crippen LogP) is 3.42. The lowest BCUT2D eigenvalue weighted by atomic mass is 10.1. The zero-order valence-electron chi connectivity index (χ0n) is 20.5. The average Bonchev–Trinajstić information content (AvgIpc) is 2.81. The number of nitrogens with zero attached hydrogens (tertiary/aromatic N) is 1. The van der Waals surface area contributed by atoms with Gasteiger partial charge in [0, 0.05) is 25.3 Å². The molecule has 2 aromatic rings. The number of hydrogen-bond acceptors (Lipinski definition) is 7. The number of amides is 1. The minimum atomic E-state index is -3.65. The van der Waals surface area contributed by atoms with E-state index in [1.54, 1.807) is 6.07 Å². The summed E-state index contributed by atoms with van der Waals surface area (Å²) in [5, 5.41) is 2.70. The summed E-state index contributed by atoms with van der Waals surface area (Å²) >= 11 is 0. The Hall–Kier alpha value is -2.63. The lowest BCUT2D eigenvalue weighted by molar-refractivity contribution is 0.102. The van der Waals surface area contributed by atoms with E-state index < -0.39 is 25.8 Å². The van der Waals surface area contributed by atoms with Crippen LogP contribution in [0.2, 0.25) is 0 Å². The van der Waals surface area contributed by atoms with Crippen LogP contribution in [0.5, 0.6) is 5.75 Å². The van der Waals surface area contributed by atoms with E-state index in [0.29, 0.717) is 17.9 Å². The van der Waals surface area contributed by atoms with Crippen molar-refractivity contribution in [2.24, 2.45) is 5.73 Å². The number of sulfonamides is 1. The Kier molecular flexibility index (Phi) is 10.5. The number of sulfone groups is 1. The van der Waals surface area contributed by atoms with Crippen LogP contribution in [0.3, 0.4) is 0 Å². The summed E-state index contributed by atoms with van der Waals surface area (Å²) in [7, 11) is -5.71. The van der Waals surface area contributed by atoms with Gasteiger partial charge in [-0.15, -0.1) is 0 Å². The zero-order chi connectivity index (χ0) is 26.1. The van der Waals surface area contributed by atoms with E-state index >= 15 is 0 Å². The first-order valence-corrected chi connectivity index (χ1v) is 15.0. The van der Waals surface area contributed by atoms with E-state index in [1.165, 1.54) is 43.4 Å². The zero-order valence-corrected chi connectivity index (χ0v) is 22.1. The quantitative estimate of drug-likeness (QED) is 0.361. The molecule has 1 amide bonds. The van der Waals surface area contributed by atoms with Crippen molar-refractivity contribution >= 4 is 37.1 Å². The van der Waals surface area contributed by atoms with E-state index in [0.717, 1.165) is 36.2 Å². The van der Waals surface area contributed by atoms with Gasteiger partial charge in [-0.05, 0) is 42.8 Å². The van der Waals surface area contributed by atoms with Gasteiger partial charge in [-0.2, -0.15) is 0 Å². The summed E-state index contributed by atoms with van der Waals surface area (Å²) in [6.07, 6.45) is 5.74. The molecule has 0 saturated carbocycles. The van der Waals surface area contributed by atoms with E-state index in [9.17, 15) is 21.6 Å². The molecule has 0 aliphatic rings. The van der Waals surface area contributed by atoms with Gasteiger partial charge in [-0.1, -0.05) is 32.6 Å².